The van der Waals surface area contributed by atoms with Gasteiger partial charge in [0, 0.05) is 31.0 Å². The molecule has 0 spiro atoms. The zero-order valence-corrected chi connectivity index (χ0v) is 10.7. The Morgan fingerprint density at radius 2 is 2.44 bits per heavy atom. The van der Waals surface area contributed by atoms with Crippen molar-refractivity contribution in [1.29, 1.82) is 0 Å². The zero-order valence-electron chi connectivity index (χ0n) is 10.7. The second kappa shape index (κ2) is 5.08. The van der Waals surface area contributed by atoms with Crippen molar-refractivity contribution in [3.8, 4) is 0 Å². The van der Waals surface area contributed by atoms with Crippen LogP contribution in [-0.2, 0) is 11.3 Å². The van der Waals surface area contributed by atoms with Crippen LogP contribution in [0.15, 0.2) is 30.6 Å². The van der Waals surface area contributed by atoms with E-state index in [0.717, 1.165) is 26.2 Å². The highest BCUT2D eigenvalue weighted by atomic mass is 16.5. The molecule has 2 unspecified atom stereocenters. The van der Waals surface area contributed by atoms with Crippen molar-refractivity contribution in [2.45, 2.75) is 25.9 Å². The van der Waals surface area contributed by atoms with E-state index in [-0.39, 0.29) is 0 Å². The molecule has 0 bridgehead atoms. The third-order valence-electron chi connectivity index (χ3n) is 3.70. The number of rotatable bonds is 3. The minimum absolute atomic E-state index is 0.553. The Balaban J connectivity index is 1.69. The molecule has 2 atom stereocenters. The van der Waals surface area contributed by atoms with Crippen molar-refractivity contribution >= 4 is 5.52 Å². The first-order valence-corrected chi connectivity index (χ1v) is 6.57. The molecular weight excluding hydrogens is 226 g/mol. The lowest BCUT2D eigenvalue weighted by Gasteiger charge is -2.29. The van der Waals surface area contributed by atoms with Crippen LogP contribution in [0.4, 0.5) is 0 Å². The maximum Gasteiger partial charge on any atom is 0.0706 e. The number of nitrogens with one attached hydrogen (secondary N) is 1. The largest absolute Gasteiger partial charge is 0.381 e. The quantitative estimate of drug-likeness (QED) is 0.897. The summed E-state index contributed by atoms with van der Waals surface area (Å²) in [5.74, 6) is 0.584. The number of ether oxygens (including phenoxy) is 1. The van der Waals surface area contributed by atoms with Crippen molar-refractivity contribution in [2.75, 3.05) is 13.2 Å². The van der Waals surface area contributed by atoms with Crippen molar-refractivity contribution in [2.24, 2.45) is 5.92 Å². The Morgan fingerprint density at radius 1 is 1.50 bits per heavy atom. The molecular formula is C14H19N3O. The molecule has 2 aromatic heterocycles. The van der Waals surface area contributed by atoms with Crippen LogP contribution in [-0.4, -0.2) is 28.9 Å². The van der Waals surface area contributed by atoms with Gasteiger partial charge in [-0.15, -0.1) is 0 Å². The normalized spacial score (nSPS) is 24.5. The molecule has 0 saturated carbocycles. The lowest BCUT2D eigenvalue weighted by atomic mass is 9.98. The highest BCUT2D eigenvalue weighted by Crippen LogP contribution is 2.16. The highest BCUT2D eigenvalue weighted by molar-refractivity contribution is 5.53. The maximum absolute atomic E-state index is 5.46. The molecule has 3 rings (SSSR count). The van der Waals surface area contributed by atoms with Gasteiger partial charge in [0.1, 0.15) is 0 Å². The molecule has 0 aliphatic carbocycles. The van der Waals surface area contributed by atoms with Gasteiger partial charge in [0.05, 0.1) is 18.3 Å². The zero-order chi connectivity index (χ0) is 12.4. The number of hydrogen-bond acceptors (Lipinski definition) is 3. The molecule has 0 amide bonds. The van der Waals surface area contributed by atoms with Gasteiger partial charge in [-0.25, -0.2) is 4.52 Å². The van der Waals surface area contributed by atoms with E-state index in [4.69, 9.17) is 4.74 Å². The summed E-state index contributed by atoms with van der Waals surface area (Å²) in [5, 5.41) is 7.99. The fourth-order valence-electron chi connectivity index (χ4n) is 2.55. The Bertz CT molecular complexity index is 522. The monoisotopic (exact) mass is 245 g/mol. The summed E-state index contributed by atoms with van der Waals surface area (Å²) in [5.41, 5.74) is 2.44. The van der Waals surface area contributed by atoms with Crippen LogP contribution in [0.1, 0.15) is 18.9 Å². The lowest BCUT2D eigenvalue weighted by molar-refractivity contribution is 0.0386. The molecule has 4 nitrogen and oxygen atoms in total. The fourth-order valence-corrected chi connectivity index (χ4v) is 2.55. The van der Waals surface area contributed by atoms with Gasteiger partial charge in [0.2, 0.25) is 0 Å². The van der Waals surface area contributed by atoms with Gasteiger partial charge in [0.15, 0.2) is 0 Å². The first-order valence-electron chi connectivity index (χ1n) is 6.57. The summed E-state index contributed by atoms with van der Waals surface area (Å²) in [6.07, 6.45) is 5.03. The van der Waals surface area contributed by atoms with Crippen LogP contribution in [0.25, 0.3) is 5.52 Å². The molecule has 0 aromatic carbocycles. The van der Waals surface area contributed by atoms with E-state index in [1.54, 1.807) is 0 Å². The predicted octanol–water partition coefficient (Wildman–Crippen LogP) is 1.85. The maximum atomic E-state index is 5.46. The molecule has 0 radical (unpaired) electrons. The molecule has 1 saturated heterocycles. The van der Waals surface area contributed by atoms with E-state index in [9.17, 15) is 0 Å². The molecule has 1 aliphatic heterocycles. The van der Waals surface area contributed by atoms with E-state index in [2.05, 4.69) is 29.5 Å². The van der Waals surface area contributed by atoms with Crippen molar-refractivity contribution in [1.82, 2.24) is 14.9 Å². The van der Waals surface area contributed by atoms with E-state index in [1.807, 2.05) is 23.0 Å². The van der Waals surface area contributed by atoms with Gasteiger partial charge in [-0.05, 0) is 24.5 Å². The van der Waals surface area contributed by atoms with E-state index < -0.39 is 0 Å². The predicted molar refractivity (Wildman–Crippen MR) is 70.4 cm³/mol. The second-order valence-electron chi connectivity index (χ2n) is 5.03. The Labute approximate surface area is 107 Å². The number of hydrogen-bond donors (Lipinski definition) is 1. The van der Waals surface area contributed by atoms with E-state index in [1.165, 1.54) is 11.1 Å². The minimum atomic E-state index is 0.553. The number of aromatic nitrogens is 2. The Morgan fingerprint density at radius 3 is 3.33 bits per heavy atom. The average molecular weight is 245 g/mol. The molecule has 96 valence electrons. The first kappa shape index (κ1) is 11.7. The molecule has 18 heavy (non-hydrogen) atoms. The summed E-state index contributed by atoms with van der Waals surface area (Å²) in [4.78, 5) is 0. The second-order valence-corrected chi connectivity index (χ2v) is 5.03. The SMILES string of the molecule is CC1COCCC1NCc1cnn2ccccc12. The van der Waals surface area contributed by atoms with Crippen molar-refractivity contribution in [3.63, 3.8) is 0 Å². The van der Waals surface area contributed by atoms with Crippen LogP contribution in [0.3, 0.4) is 0 Å². The summed E-state index contributed by atoms with van der Waals surface area (Å²) in [7, 11) is 0. The molecule has 3 heterocycles. The van der Waals surface area contributed by atoms with Crippen LogP contribution in [0.5, 0.6) is 0 Å². The highest BCUT2D eigenvalue weighted by Gasteiger charge is 2.21. The summed E-state index contributed by atoms with van der Waals surface area (Å²) >= 11 is 0. The molecule has 4 heteroatoms. The van der Waals surface area contributed by atoms with Crippen LogP contribution < -0.4 is 5.32 Å². The van der Waals surface area contributed by atoms with E-state index in [0.29, 0.717) is 12.0 Å². The summed E-state index contributed by atoms with van der Waals surface area (Å²) in [6.45, 7) is 4.86. The number of nitrogens with zero attached hydrogens (tertiary/aromatic N) is 2. The Hall–Kier alpha value is -1.39. The van der Waals surface area contributed by atoms with Gasteiger partial charge in [-0.1, -0.05) is 13.0 Å². The lowest BCUT2D eigenvalue weighted by Crippen LogP contribution is -2.40. The van der Waals surface area contributed by atoms with Gasteiger partial charge < -0.3 is 10.1 Å². The smallest absolute Gasteiger partial charge is 0.0706 e. The van der Waals surface area contributed by atoms with Gasteiger partial charge >= 0.3 is 0 Å². The van der Waals surface area contributed by atoms with Gasteiger partial charge in [-0.2, -0.15) is 5.10 Å². The van der Waals surface area contributed by atoms with E-state index >= 15 is 0 Å². The van der Waals surface area contributed by atoms with Crippen LogP contribution in [0, 0.1) is 5.92 Å². The van der Waals surface area contributed by atoms with Crippen LogP contribution >= 0.6 is 0 Å². The third kappa shape index (κ3) is 2.26. The number of pyridine rings is 1. The summed E-state index contributed by atoms with van der Waals surface area (Å²) in [6, 6.07) is 6.71. The van der Waals surface area contributed by atoms with Gasteiger partial charge in [-0.3, -0.25) is 0 Å². The first-order chi connectivity index (χ1) is 8.84. The molecule has 1 fully saturated rings. The van der Waals surface area contributed by atoms with Crippen molar-refractivity contribution in [3.05, 3.63) is 36.2 Å². The summed E-state index contributed by atoms with van der Waals surface area (Å²) < 4.78 is 7.38. The average Bonchev–Trinajstić information content (AvgIpc) is 2.81. The van der Waals surface area contributed by atoms with Crippen LogP contribution in [0.2, 0.25) is 0 Å². The molecule has 2 aromatic rings. The standard InChI is InChI=1S/C14H19N3O/c1-11-10-18-7-5-13(11)15-8-12-9-16-17-6-3-2-4-14(12)17/h2-4,6,9,11,13,15H,5,7-8,10H2,1H3. The molecule has 1 N–H and O–H groups in total. The van der Waals surface area contributed by atoms with Crippen molar-refractivity contribution < 1.29 is 4.74 Å². The fraction of sp³-hybridized carbons (Fsp3) is 0.500. The Kier molecular flexibility index (Phi) is 3.30. The molecule has 1 aliphatic rings. The number of fused-ring (bicyclic) bond motifs is 1. The van der Waals surface area contributed by atoms with Gasteiger partial charge in [0.25, 0.3) is 0 Å². The third-order valence-corrected chi connectivity index (χ3v) is 3.70. The topological polar surface area (TPSA) is 38.6 Å². The minimum Gasteiger partial charge on any atom is -0.381 e.